The highest BCUT2D eigenvalue weighted by Crippen LogP contribution is 2.36. The third kappa shape index (κ3) is 3.01. The molecule has 0 unspecified atom stereocenters. The molecule has 0 spiro atoms. The summed E-state index contributed by atoms with van der Waals surface area (Å²) in [5, 5.41) is 4.38. The number of rotatable bonds is 4. The van der Waals surface area contributed by atoms with Crippen LogP contribution in [0, 0.1) is 0 Å². The molecule has 0 bridgehead atoms. The van der Waals surface area contributed by atoms with Crippen LogP contribution < -0.4 is 5.32 Å². The first-order valence-corrected chi connectivity index (χ1v) is 7.07. The Morgan fingerprint density at radius 3 is 2.60 bits per heavy atom. The van der Waals surface area contributed by atoms with Gasteiger partial charge in [-0.05, 0) is 30.8 Å². The first-order chi connectivity index (χ1) is 9.38. The molecule has 0 saturated heterocycles. The quantitative estimate of drug-likeness (QED) is 0.754. The Labute approximate surface area is 129 Å². The largest absolute Gasteiger partial charge is 0.463 e. The highest BCUT2D eigenvalue weighted by Gasteiger charge is 2.09. The summed E-state index contributed by atoms with van der Waals surface area (Å²) in [5.74, 6) is 0. The number of para-hydroxylation sites is 1. The van der Waals surface area contributed by atoms with E-state index >= 15 is 0 Å². The zero-order valence-corrected chi connectivity index (χ0v) is 12.8. The van der Waals surface area contributed by atoms with Crippen molar-refractivity contribution in [2.24, 2.45) is 0 Å². The monoisotopic (exact) mass is 305 g/mol. The summed E-state index contributed by atoms with van der Waals surface area (Å²) in [6.45, 7) is 0.874. The highest BCUT2D eigenvalue weighted by molar-refractivity contribution is 7.99. The number of furan rings is 1. The van der Waals surface area contributed by atoms with Crippen molar-refractivity contribution in [2.45, 2.75) is 16.3 Å². The average molecular weight is 306 g/mol. The van der Waals surface area contributed by atoms with E-state index in [0.717, 1.165) is 12.1 Å². The van der Waals surface area contributed by atoms with Crippen LogP contribution in [0.3, 0.4) is 0 Å². The van der Waals surface area contributed by atoms with E-state index in [1.807, 2.05) is 31.5 Å². The fourth-order valence-corrected chi connectivity index (χ4v) is 3.12. The molecule has 0 aliphatic heterocycles. The van der Waals surface area contributed by atoms with Crippen LogP contribution in [0.5, 0.6) is 0 Å². The fraction of sp³-hybridized carbons (Fsp3) is 0.125. The smallest absolute Gasteiger partial charge is 0.135 e. The van der Waals surface area contributed by atoms with Crippen LogP contribution in [0.1, 0.15) is 5.56 Å². The van der Waals surface area contributed by atoms with E-state index in [-0.39, 0.29) is 12.4 Å². The van der Waals surface area contributed by atoms with Crippen molar-refractivity contribution in [1.29, 1.82) is 0 Å². The van der Waals surface area contributed by atoms with Gasteiger partial charge >= 0.3 is 0 Å². The molecule has 0 fully saturated rings. The summed E-state index contributed by atoms with van der Waals surface area (Å²) < 4.78 is 5.58. The fourth-order valence-electron chi connectivity index (χ4n) is 2.09. The SMILES string of the molecule is CNCc1ccccc1Sc1coc2ccccc12.Cl. The highest BCUT2D eigenvalue weighted by atomic mass is 35.5. The summed E-state index contributed by atoms with van der Waals surface area (Å²) in [6.07, 6.45) is 1.84. The Bertz CT molecular complexity index is 696. The van der Waals surface area contributed by atoms with Crippen molar-refractivity contribution in [3.05, 3.63) is 60.4 Å². The van der Waals surface area contributed by atoms with Gasteiger partial charge in [-0.3, -0.25) is 0 Å². The van der Waals surface area contributed by atoms with E-state index in [4.69, 9.17) is 4.42 Å². The maximum atomic E-state index is 5.58. The van der Waals surface area contributed by atoms with E-state index in [9.17, 15) is 0 Å². The van der Waals surface area contributed by atoms with Gasteiger partial charge < -0.3 is 9.73 Å². The molecule has 0 aliphatic rings. The Morgan fingerprint density at radius 2 is 1.75 bits per heavy atom. The summed E-state index contributed by atoms with van der Waals surface area (Å²) in [6, 6.07) is 16.6. The molecule has 0 radical (unpaired) electrons. The third-order valence-electron chi connectivity index (χ3n) is 3.01. The second-order valence-electron chi connectivity index (χ2n) is 4.34. The van der Waals surface area contributed by atoms with Crippen molar-refractivity contribution in [1.82, 2.24) is 5.32 Å². The second kappa shape index (κ2) is 6.84. The topological polar surface area (TPSA) is 25.2 Å². The van der Waals surface area contributed by atoms with Crippen LogP contribution in [0.25, 0.3) is 11.0 Å². The number of benzene rings is 2. The Hall–Kier alpha value is -1.42. The molecule has 1 N–H and O–H groups in total. The number of halogens is 1. The second-order valence-corrected chi connectivity index (χ2v) is 5.42. The van der Waals surface area contributed by atoms with Gasteiger partial charge in [-0.25, -0.2) is 0 Å². The Balaban J connectivity index is 0.00000147. The molecule has 2 nitrogen and oxygen atoms in total. The minimum atomic E-state index is 0. The van der Waals surface area contributed by atoms with Crippen LogP contribution >= 0.6 is 24.2 Å². The molecular formula is C16H16ClNOS. The molecule has 0 saturated carbocycles. The first kappa shape index (κ1) is 15.0. The van der Waals surface area contributed by atoms with E-state index in [1.165, 1.54) is 20.7 Å². The Morgan fingerprint density at radius 1 is 1.00 bits per heavy atom. The number of hydrogen-bond donors (Lipinski definition) is 1. The number of nitrogens with one attached hydrogen (secondary N) is 1. The lowest BCUT2D eigenvalue weighted by atomic mass is 10.2. The maximum Gasteiger partial charge on any atom is 0.135 e. The summed E-state index contributed by atoms with van der Waals surface area (Å²) in [4.78, 5) is 2.43. The lowest BCUT2D eigenvalue weighted by Crippen LogP contribution is -2.05. The van der Waals surface area contributed by atoms with E-state index in [0.29, 0.717) is 0 Å². The summed E-state index contributed by atoms with van der Waals surface area (Å²) in [5.41, 5.74) is 2.25. The normalized spacial score (nSPS) is 10.4. The van der Waals surface area contributed by atoms with Crippen LogP contribution in [0.15, 0.2) is 69.0 Å². The zero-order valence-electron chi connectivity index (χ0n) is 11.1. The van der Waals surface area contributed by atoms with Crippen LogP contribution in [-0.4, -0.2) is 7.05 Å². The summed E-state index contributed by atoms with van der Waals surface area (Å²) >= 11 is 1.76. The number of hydrogen-bond acceptors (Lipinski definition) is 3. The van der Waals surface area contributed by atoms with E-state index in [1.54, 1.807) is 11.8 Å². The molecule has 3 aromatic rings. The van der Waals surface area contributed by atoms with Crippen molar-refractivity contribution >= 4 is 35.1 Å². The number of fused-ring (bicyclic) bond motifs is 1. The molecule has 1 aromatic heterocycles. The van der Waals surface area contributed by atoms with Crippen molar-refractivity contribution in [3.63, 3.8) is 0 Å². The molecule has 4 heteroatoms. The van der Waals surface area contributed by atoms with Gasteiger partial charge in [-0.1, -0.05) is 42.1 Å². The molecule has 0 atom stereocenters. The van der Waals surface area contributed by atoms with E-state index < -0.39 is 0 Å². The van der Waals surface area contributed by atoms with Crippen molar-refractivity contribution < 1.29 is 4.42 Å². The lowest BCUT2D eigenvalue weighted by molar-refractivity contribution is 0.608. The average Bonchev–Trinajstić information content (AvgIpc) is 2.85. The van der Waals surface area contributed by atoms with Gasteiger partial charge in [0.2, 0.25) is 0 Å². The van der Waals surface area contributed by atoms with Crippen molar-refractivity contribution in [3.8, 4) is 0 Å². The predicted molar refractivity (Wildman–Crippen MR) is 86.8 cm³/mol. The summed E-state index contributed by atoms with van der Waals surface area (Å²) in [7, 11) is 1.97. The molecule has 0 amide bonds. The van der Waals surface area contributed by atoms with Crippen LogP contribution in [0.4, 0.5) is 0 Å². The van der Waals surface area contributed by atoms with Gasteiger partial charge in [0.1, 0.15) is 11.8 Å². The predicted octanol–water partition coefficient (Wildman–Crippen LogP) is 4.73. The van der Waals surface area contributed by atoms with Gasteiger partial charge in [-0.15, -0.1) is 12.4 Å². The standard InChI is InChI=1S/C16H15NOS.ClH/c1-17-10-12-6-2-5-9-15(12)19-16-11-18-14-8-4-3-7-13(14)16;/h2-9,11,17H,10H2,1H3;1H. The molecular weight excluding hydrogens is 290 g/mol. The van der Waals surface area contributed by atoms with Gasteiger partial charge in [0.25, 0.3) is 0 Å². The van der Waals surface area contributed by atoms with Gasteiger partial charge in [0, 0.05) is 16.8 Å². The molecule has 0 aliphatic carbocycles. The van der Waals surface area contributed by atoms with E-state index in [2.05, 4.69) is 35.6 Å². The minimum Gasteiger partial charge on any atom is -0.463 e. The first-order valence-electron chi connectivity index (χ1n) is 6.25. The lowest BCUT2D eigenvalue weighted by Gasteiger charge is -2.07. The van der Waals surface area contributed by atoms with Gasteiger partial charge in [0.15, 0.2) is 0 Å². The molecule has 104 valence electrons. The third-order valence-corrected chi connectivity index (χ3v) is 4.16. The molecule has 1 heterocycles. The zero-order chi connectivity index (χ0) is 13.1. The maximum absolute atomic E-state index is 5.58. The van der Waals surface area contributed by atoms with Crippen molar-refractivity contribution in [2.75, 3.05) is 7.05 Å². The minimum absolute atomic E-state index is 0. The molecule has 3 rings (SSSR count). The molecule has 20 heavy (non-hydrogen) atoms. The van der Waals surface area contributed by atoms with Gasteiger partial charge in [0.05, 0.1) is 4.90 Å². The van der Waals surface area contributed by atoms with Crippen LogP contribution in [-0.2, 0) is 6.54 Å². The molecule has 2 aromatic carbocycles. The van der Waals surface area contributed by atoms with Gasteiger partial charge in [-0.2, -0.15) is 0 Å². The van der Waals surface area contributed by atoms with Crippen LogP contribution in [0.2, 0.25) is 0 Å². The Kier molecular flexibility index (Phi) is 5.12.